The smallest absolute Gasteiger partial charge is 0.221 e. The summed E-state index contributed by atoms with van der Waals surface area (Å²) >= 11 is 0. The molecule has 1 aliphatic carbocycles. The maximum atomic E-state index is 12.7. The molecule has 134 valence electrons. The number of rotatable bonds is 5. The lowest BCUT2D eigenvalue weighted by molar-refractivity contribution is -0.122. The van der Waals surface area contributed by atoms with Crippen LogP contribution in [0.4, 0.5) is 0 Å². The molecule has 3 aromatic rings. The molecule has 1 saturated carbocycles. The van der Waals surface area contributed by atoms with Gasteiger partial charge in [0.25, 0.3) is 0 Å². The highest BCUT2D eigenvalue weighted by molar-refractivity contribution is 5.79. The molecule has 1 fully saturated rings. The molecule has 5 nitrogen and oxygen atoms in total. The van der Waals surface area contributed by atoms with Crippen molar-refractivity contribution in [2.24, 2.45) is 11.7 Å². The number of aromatic amines is 1. The molecule has 1 amide bonds. The summed E-state index contributed by atoms with van der Waals surface area (Å²) in [4.78, 5) is 20.1. The second-order valence-corrected chi connectivity index (χ2v) is 7.15. The average molecular weight is 348 g/mol. The second kappa shape index (κ2) is 7.30. The summed E-state index contributed by atoms with van der Waals surface area (Å²) in [6.07, 6.45) is 5.38. The molecule has 1 unspecified atom stereocenters. The van der Waals surface area contributed by atoms with E-state index in [9.17, 15) is 4.79 Å². The Bertz CT molecular complexity index is 889. The number of H-pyrrole nitrogens is 1. The zero-order valence-electron chi connectivity index (χ0n) is 14.7. The van der Waals surface area contributed by atoms with Crippen molar-refractivity contribution in [3.05, 3.63) is 66.0 Å². The van der Waals surface area contributed by atoms with Gasteiger partial charge < -0.3 is 16.0 Å². The molecule has 1 aliphatic rings. The molecule has 3 atom stereocenters. The Kier molecular flexibility index (Phi) is 4.71. The van der Waals surface area contributed by atoms with E-state index in [1.165, 1.54) is 0 Å². The minimum atomic E-state index is -0.186. The lowest BCUT2D eigenvalue weighted by Crippen LogP contribution is -2.34. The van der Waals surface area contributed by atoms with E-state index in [2.05, 4.69) is 21.4 Å². The second-order valence-electron chi connectivity index (χ2n) is 7.15. The number of fused-ring (bicyclic) bond motifs is 1. The zero-order valence-corrected chi connectivity index (χ0v) is 14.7. The Morgan fingerprint density at radius 3 is 2.81 bits per heavy atom. The van der Waals surface area contributed by atoms with Crippen molar-refractivity contribution in [1.82, 2.24) is 15.3 Å². The first-order valence-corrected chi connectivity index (χ1v) is 9.23. The summed E-state index contributed by atoms with van der Waals surface area (Å²) in [6.45, 7) is 0. The Hall–Kier alpha value is -2.66. The Morgan fingerprint density at radius 2 is 2.04 bits per heavy atom. The van der Waals surface area contributed by atoms with E-state index in [0.717, 1.165) is 41.4 Å². The number of carbonyl (C=O) groups is 1. The molecular formula is C21H24N4O. The van der Waals surface area contributed by atoms with Crippen molar-refractivity contribution >= 4 is 16.9 Å². The number of benzene rings is 2. The van der Waals surface area contributed by atoms with Crippen LogP contribution in [0, 0.1) is 5.92 Å². The summed E-state index contributed by atoms with van der Waals surface area (Å²) in [7, 11) is 0. The molecule has 26 heavy (non-hydrogen) atoms. The van der Waals surface area contributed by atoms with E-state index < -0.39 is 0 Å². The van der Waals surface area contributed by atoms with Gasteiger partial charge in [0, 0.05) is 12.5 Å². The third-order valence-corrected chi connectivity index (χ3v) is 5.38. The molecule has 1 aromatic heterocycles. The lowest BCUT2D eigenvalue weighted by Gasteiger charge is -2.22. The van der Waals surface area contributed by atoms with Crippen LogP contribution in [-0.4, -0.2) is 21.9 Å². The van der Waals surface area contributed by atoms with Gasteiger partial charge in [-0.05, 0) is 42.0 Å². The van der Waals surface area contributed by atoms with E-state index in [1.54, 1.807) is 6.33 Å². The zero-order chi connectivity index (χ0) is 17.9. The standard InChI is InChI=1S/C21H24N4O/c22-17-8-4-7-15(17)12-20(26)25-21(14-5-2-1-3-6-14)16-9-10-18-19(11-16)24-13-23-18/h1-3,5-6,9-11,13,15,17,21H,4,7-8,12,22H2,(H,23,24)(H,25,26)/t15-,17+,21?/m0/s1. The molecule has 4 rings (SSSR count). The van der Waals surface area contributed by atoms with Crippen LogP contribution in [0.25, 0.3) is 11.0 Å². The normalized spacial score (nSPS) is 21.0. The van der Waals surface area contributed by atoms with Gasteiger partial charge in [0.2, 0.25) is 5.91 Å². The van der Waals surface area contributed by atoms with Crippen molar-refractivity contribution in [3.63, 3.8) is 0 Å². The summed E-state index contributed by atoms with van der Waals surface area (Å²) in [5, 5.41) is 3.23. The Morgan fingerprint density at radius 1 is 1.19 bits per heavy atom. The van der Waals surface area contributed by atoms with Crippen LogP contribution in [-0.2, 0) is 4.79 Å². The van der Waals surface area contributed by atoms with Gasteiger partial charge in [0.05, 0.1) is 23.4 Å². The highest BCUT2D eigenvalue weighted by Gasteiger charge is 2.27. The SMILES string of the molecule is N[C@@H]1CCC[C@H]1CC(=O)NC(c1ccccc1)c1ccc2nc[nH]c2c1. The number of nitrogens with zero attached hydrogens (tertiary/aromatic N) is 1. The van der Waals surface area contributed by atoms with E-state index in [1.807, 2.05) is 42.5 Å². The maximum absolute atomic E-state index is 12.7. The minimum Gasteiger partial charge on any atom is -0.345 e. The third-order valence-electron chi connectivity index (χ3n) is 5.38. The maximum Gasteiger partial charge on any atom is 0.221 e. The Balaban J connectivity index is 1.59. The number of nitrogens with one attached hydrogen (secondary N) is 2. The van der Waals surface area contributed by atoms with Crippen molar-refractivity contribution in [1.29, 1.82) is 0 Å². The third kappa shape index (κ3) is 3.48. The predicted molar refractivity (Wildman–Crippen MR) is 102 cm³/mol. The molecule has 0 saturated heterocycles. The summed E-state index contributed by atoms with van der Waals surface area (Å²) in [5.74, 6) is 0.354. The van der Waals surface area contributed by atoms with Crippen molar-refractivity contribution in [3.8, 4) is 0 Å². The summed E-state index contributed by atoms with van der Waals surface area (Å²) in [5.41, 5.74) is 10.1. The number of hydrogen-bond acceptors (Lipinski definition) is 3. The number of imidazole rings is 1. The van der Waals surface area contributed by atoms with Gasteiger partial charge >= 0.3 is 0 Å². The molecule has 0 aliphatic heterocycles. The highest BCUT2D eigenvalue weighted by atomic mass is 16.1. The molecule has 1 heterocycles. The van der Waals surface area contributed by atoms with Crippen molar-refractivity contribution in [2.75, 3.05) is 0 Å². The van der Waals surface area contributed by atoms with Crippen LogP contribution in [0.1, 0.15) is 42.9 Å². The van der Waals surface area contributed by atoms with Gasteiger partial charge in [-0.15, -0.1) is 0 Å². The fourth-order valence-electron chi connectivity index (χ4n) is 3.91. The molecule has 2 aromatic carbocycles. The fourth-order valence-corrected chi connectivity index (χ4v) is 3.91. The number of amides is 1. The number of carbonyl (C=O) groups excluding carboxylic acids is 1. The molecule has 0 spiro atoms. The van der Waals surface area contributed by atoms with Gasteiger partial charge in [-0.25, -0.2) is 4.98 Å². The van der Waals surface area contributed by atoms with Gasteiger partial charge in [0.1, 0.15) is 0 Å². The monoisotopic (exact) mass is 348 g/mol. The molecule has 5 heteroatoms. The van der Waals surface area contributed by atoms with E-state index in [4.69, 9.17) is 5.73 Å². The predicted octanol–water partition coefficient (Wildman–Crippen LogP) is 3.29. The van der Waals surface area contributed by atoms with Crippen LogP contribution in [0.5, 0.6) is 0 Å². The van der Waals surface area contributed by atoms with Gasteiger partial charge in [0.15, 0.2) is 0 Å². The number of nitrogens with two attached hydrogens (primary N) is 1. The van der Waals surface area contributed by atoms with Crippen LogP contribution in [0.15, 0.2) is 54.9 Å². The molecule has 4 N–H and O–H groups in total. The number of hydrogen-bond donors (Lipinski definition) is 3. The van der Waals surface area contributed by atoms with Gasteiger partial charge in [-0.3, -0.25) is 4.79 Å². The quantitative estimate of drug-likeness (QED) is 0.661. The van der Waals surface area contributed by atoms with Crippen molar-refractivity contribution in [2.45, 2.75) is 37.8 Å². The van der Waals surface area contributed by atoms with Crippen LogP contribution < -0.4 is 11.1 Å². The van der Waals surface area contributed by atoms with E-state index in [-0.39, 0.29) is 18.0 Å². The first kappa shape index (κ1) is 16.8. The highest BCUT2D eigenvalue weighted by Crippen LogP contribution is 2.28. The first-order chi connectivity index (χ1) is 12.7. The minimum absolute atomic E-state index is 0.0610. The largest absolute Gasteiger partial charge is 0.345 e. The van der Waals surface area contributed by atoms with Crippen LogP contribution in [0.3, 0.4) is 0 Å². The lowest BCUT2D eigenvalue weighted by atomic mass is 9.96. The van der Waals surface area contributed by atoms with E-state index in [0.29, 0.717) is 12.3 Å². The first-order valence-electron chi connectivity index (χ1n) is 9.23. The van der Waals surface area contributed by atoms with E-state index >= 15 is 0 Å². The average Bonchev–Trinajstić information content (AvgIpc) is 3.29. The van der Waals surface area contributed by atoms with Gasteiger partial charge in [-0.2, -0.15) is 0 Å². The van der Waals surface area contributed by atoms with Gasteiger partial charge in [-0.1, -0.05) is 42.8 Å². The molecule has 0 bridgehead atoms. The summed E-state index contributed by atoms with van der Waals surface area (Å²) in [6, 6.07) is 16.1. The van der Waals surface area contributed by atoms with Crippen LogP contribution >= 0.6 is 0 Å². The number of aromatic nitrogens is 2. The Labute approximate surface area is 153 Å². The summed E-state index contributed by atoms with van der Waals surface area (Å²) < 4.78 is 0. The molecular weight excluding hydrogens is 324 g/mol. The fraction of sp³-hybridized carbons (Fsp3) is 0.333. The molecule has 0 radical (unpaired) electrons. The topological polar surface area (TPSA) is 83.8 Å². The van der Waals surface area contributed by atoms with Crippen molar-refractivity contribution < 1.29 is 4.79 Å². The van der Waals surface area contributed by atoms with Crippen LogP contribution in [0.2, 0.25) is 0 Å².